The van der Waals surface area contributed by atoms with E-state index in [1.54, 1.807) is 14.2 Å². The summed E-state index contributed by atoms with van der Waals surface area (Å²) in [6, 6.07) is 0.0278. The van der Waals surface area contributed by atoms with E-state index in [1.165, 1.54) is 4.31 Å². The van der Waals surface area contributed by atoms with Crippen LogP contribution in [0.2, 0.25) is 0 Å². The Morgan fingerprint density at radius 1 is 1.47 bits per heavy atom. The summed E-state index contributed by atoms with van der Waals surface area (Å²) in [5.74, 6) is 0.277. The zero-order valence-corrected chi connectivity index (χ0v) is 11.4. The molecule has 0 aromatic heterocycles. The van der Waals surface area contributed by atoms with Crippen LogP contribution in [0.3, 0.4) is 0 Å². The average Bonchev–Trinajstić information content (AvgIpc) is 2.76. The van der Waals surface area contributed by atoms with E-state index in [-0.39, 0.29) is 12.0 Å². The Labute approximate surface area is 104 Å². The molecule has 0 bridgehead atoms. The largest absolute Gasteiger partial charge is 0.383 e. The van der Waals surface area contributed by atoms with Crippen molar-refractivity contribution in [2.45, 2.75) is 25.3 Å². The van der Waals surface area contributed by atoms with Crippen molar-refractivity contribution < 1.29 is 13.2 Å². The Hall–Kier alpha value is -0.210. The first-order valence-corrected chi connectivity index (χ1v) is 7.38. The molecular formula is C10H23N3O3S. The highest BCUT2D eigenvalue weighted by Gasteiger charge is 2.34. The van der Waals surface area contributed by atoms with Crippen molar-refractivity contribution in [1.29, 1.82) is 0 Å². The van der Waals surface area contributed by atoms with Gasteiger partial charge in [-0.3, -0.25) is 0 Å². The van der Waals surface area contributed by atoms with E-state index in [2.05, 4.69) is 4.72 Å². The Morgan fingerprint density at radius 3 is 2.76 bits per heavy atom. The van der Waals surface area contributed by atoms with E-state index in [1.807, 2.05) is 0 Å². The highest BCUT2D eigenvalue weighted by Crippen LogP contribution is 2.29. The Balaban J connectivity index is 2.58. The standard InChI is InChI=1S/C10H23N3O3S/c1-13(10-5-3-4-9(10)8-11)17(14,15)12-6-7-16-2/h9-10,12H,3-8,11H2,1-2H3. The van der Waals surface area contributed by atoms with Gasteiger partial charge in [-0.15, -0.1) is 0 Å². The van der Waals surface area contributed by atoms with Crippen LogP contribution in [0, 0.1) is 5.92 Å². The number of methoxy groups -OCH3 is 1. The molecule has 102 valence electrons. The number of ether oxygens (including phenoxy) is 1. The maximum atomic E-state index is 12.0. The Bertz CT molecular complexity index is 321. The summed E-state index contributed by atoms with van der Waals surface area (Å²) >= 11 is 0. The van der Waals surface area contributed by atoms with Crippen LogP contribution in [0.25, 0.3) is 0 Å². The van der Waals surface area contributed by atoms with Crippen LogP contribution in [0.15, 0.2) is 0 Å². The molecule has 0 aromatic rings. The van der Waals surface area contributed by atoms with E-state index in [4.69, 9.17) is 10.5 Å². The van der Waals surface area contributed by atoms with Crippen molar-refractivity contribution in [3.8, 4) is 0 Å². The zero-order chi connectivity index (χ0) is 12.9. The van der Waals surface area contributed by atoms with Crippen LogP contribution >= 0.6 is 0 Å². The first kappa shape index (κ1) is 14.8. The molecule has 1 rings (SSSR count). The number of nitrogens with zero attached hydrogens (tertiary/aromatic N) is 1. The lowest BCUT2D eigenvalue weighted by molar-refractivity contribution is 0.203. The van der Waals surface area contributed by atoms with Gasteiger partial charge in [0.15, 0.2) is 0 Å². The molecule has 0 aromatic carbocycles. The van der Waals surface area contributed by atoms with E-state index in [0.29, 0.717) is 19.7 Å². The smallest absolute Gasteiger partial charge is 0.279 e. The zero-order valence-electron chi connectivity index (χ0n) is 10.6. The molecule has 1 saturated carbocycles. The van der Waals surface area contributed by atoms with Gasteiger partial charge in [-0.2, -0.15) is 17.4 Å². The number of hydrogen-bond donors (Lipinski definition) is 2. The molecular weight excluding hydrogens is 242 g/mol. The van der Waals surface area contributed by atoms with Gasteiger partial charge in [0.05, 0.1) is 6.61 Å². The predicted octanol–water partition coefficient (Wildman–Crippen LogP) is -0.474. The number of hydrogen-bond acceptors (Lipinski definition) is 4. The van der Waals surface area contributed by atoms with Crippen LogP contribution in [0.1, 0.15) is 19.3 Å². The molecule has 0 amide bonds. The molecule has 0 heterocycles. The molecule has 3 N–H and O–H groups in total. The van der Waals surface area contributed by atoms with Crippen LogP contribution < -0.4 is 10.5 Å². The third-order valence-electron chi connectivity index (χ3n) is 3.36. The highest BCUT2D eigenvalue weighted by atomic mass is 32.2. The van der Waals surface area contributed by atoms with Gasteiger partial charge in [0.25, 0.3) is 10.2 Å². The second kappa shape index (κ2) is 6.65. The number of rotatable bonds is 7. The predicted molar refractivity (Wildman–Crippen MR) is 66.7 cm³/mol. The van der Waals surface area contributed by atoms with E-state index in [0.717, 1.165) is 19.3 Å². The first-order chi connectivity index (χ1) is 8.03. The normalized spacial score (nSPS) is 25.6. The summed E-state index contributed by atoms with van der Waals surface area (Å²) in [5.41, 5.74) is 5.67. The van der Waals surface area contributed by atoms with Crippen molar-refractivity contribution >= 4 is 10.2 Å². The number of nitrogens with one attached hydrogen (secondary N) is 1. The monoisotopic (exact) mass is 265 g/mol. The van der Waals surface area contributed by atoms with Gasteiger partial charge in [-0.25, -0.2) is 0 Å². The van der Waals surface area contributed by atoms with Crippen molar-refractivity contribution in [2.75, 3.05) is 33.9 Å². The molecule has 17 heavy (non-hydrogen) atoms. The maximum Gasteiger partial charge on any atom is 0.279 e. The molecule has 0 aliphatic heterocycles. The van der Waals surface area contributed by atoms with Gasteiger partial charge in [0.1, 0.15) is 0 Å². The fraction of sp³-hybridized carbons (Fsp3) is 1.00. The molecule has 0 saturated heterocycles. The molecule has 1 fully saturated rings. The van der Waals surface area contributed by atoms with E-state index >= 15 is 0 Å². The molecule has 2 atom stereocenters. The van der Waals surface area contributed by atoms with Crippen molar-refractivity contribution in [3.05, 3.63) is 0 Å². The molecule has 7 heteroatoms. The van der Waals surface area contributed by atoms with E-state index < -0.39 is 10.2 Å². The lowest BCUT2D eigenvalue weighted by atomic mass is 10.0. The Morgan fingerprint density at radius 2 is 2.18 bits per heavy atom. The third-order valence-corrected chi connectivity index (χ3v) is 4.96. The van der Waals surface area contributed by atoms with Crippen LogP contribution in [-0.2, 0) is 14.9 Å². The average molecular weight is 265 g/mol. The topological polar surface area (TPSA) is 84.7 Å². The van der Waals surface area contributed by atoms with Gasteiger partial charge < -0.3 is 10.5 Å². The lowest BCUT2D eigenvalue weighted by Gasteiger charge is -2.28. The van der Waals surface area contributed by atoms with Gasteiger partial charge >= 0.3 is 0 Å². The fourth-order valence-corrected chi connectivity index (χ4v) is 3.50. The molecule has 0 radical (unpaired) electrons. The van der Waals surface area contributed by atoms with Gasteiger partial charge in [0.2, 0.25) is 0 Å². The minimum atomic E-state index is -3.41. The first-order valence-electron chi connectivity index (χ1n) is 5.94. The van der Waals surface area contributed by atoms with Crippen LogP contribution in [0.5, 0.6) is 0 Å². The fourth-order valence-electron chi connectivity index (χ4n) is 2.32. The summed E-state index contributed by atoms with van der Waals surface area (Å²) in [4.78, 5) is 0. The summed E-state index contributed by atoms with van der Waals surface area (Å²) in [6.45, 7) is 1.21. The minimum absolute atomic E-state index is 0.0278. The SMILES string of the molecule is COCCNS(=O)(=O)N(C)C1CCCC1CN. The van der Waals surface area contributed by atoms with Gasteiger partial charge in [-0.05, 0) is 25.3 Å². The summed E-state index contributed by atoms with van der Waals surface area (Å²) in [7, 11) is -0.251. The molecule has 1 aliphatic carbocycles. The van der Waals surface area contributed by atoms with Crippen LogP contribution in [0.4, 0.5) is 0 Å². The Kier molecular flexibility index (Phi) is 5.81. The molecule has 1 aliphatic rings. The number of nitrogens with two attached hydrogens (primary N) is 1. The molecule has 2 unspecified atom stereocenters. The van der Waals surface area contributed by atoms with Gasteiger partial charge in [-0.1, -0.05) is 6.42 Å². The lowest BCUT2D eigenvalue weighted by Crippen LogP contribution is -2.47. The van der Waals surface area contributed by atoms with Gasteiger partial charge in [0, 0.05) is 26.7 Å². The van der Waals surface area contributed by atoms with Crippen LogP contribution in [-0.4, -0.2) is 52.6 Å². The van der Waals surface area contributed by atoms with E-state index in [9.17, 15) is 8.42 Å². The summed E-state index contributed by atoms with van der Waals surface area (Å²) < 4.78 is 32.7. The summed E-state index contributed by atoms with van der Waals surface area (Å²) in [5, 5.41) is 0. The minimum Gasteiger partial charge on any atom is -0.383 e. The second-order valence-corrected chi connectivity index (χ2v) is 6.22. The molecule has 0 spiro atoms. The molecule has 6 nitrogen and oxygen atoms in total. The third kappa shape index (κ3) is 3.89. The van der Waals surface area contributed by atoms with Crippen molar-refractivity contribution in [1.82, 2.24) is 9.03 Å². The highest BCUT2D eigenvalue weighted by molar-refractivity contribution is 7.87. The van der Waals surface area contributed by atoms with Crippen molar-refractivity contribution in [2.24, 2.45) is 11.7 Å². The van der Waals surface area contributed by atoms with Crippen molar-refractivity contribution in [3.63, 3.8) is 0 Å². The maximum absolute atomic E-state index is 12.0. The quantitative estimate of drug-likeness (QED) is 0.609. The second-order valence-electron chi connectivity index (χ2n) is 4.40. The summed E-state index contributed by atoms with van der Waals surface area (Å²) in [6.07, 6.45) is 2.95.